The van der Waals surface area contributed by atoms with Crippen LogP contribution in [0.1, 0.15) is 37.8 Å². The summed E-state index contributed by atoms with van der Waals surface area (Å²) in [5.41, 5.74) is 0.825. The number of phenols is 1. The van der Waals surface area contributed by atoms with Crippen LogP contribution in [-0.2, 0) is 0 Å². The highest BCUT2D eigenvalue weighted by Gasteiger charge is 2.26. The number of piperazine rings is 1. The largest absolute Gasteiger partial charge is 0.508 e. The maximum atomic E-state index is 10.3. The van der Waals surface area contributed by atoms with Crippen LogP contribution in [0.3, 0.4) is 0 Å². The van der Waals surface area contributed by atoms with E-state index in [1.54, 1.807) is 12.1 Å². The van der Waals surface area contributed by atoms with Gasteiger partial charge in [0.1, 0.15) is 5.75 Å². The van der Waals surface area contributed by atoms with Gasteiger partial charge in [0.05, 0.1) is 5.02 Å². The molecule has 1 fully saturated rings. The summed E-state index contributed by atoms with van der Waals surface area (Å²) in [7, 11) is 0. The lowest BCUT2D eigenvalue weighted by Crippen LogP contribution is -2.45. The quantitative estimate of drug-likeness (QED) is 0.767. The molecule has 1 saturated heterocycles. The van der Waals surface area contributed by atoms with Gasteiger partial charge in [0.25, 0.3) is 0 Å². The standard InChI is InChI=1S/C15H22Cl2N2O.2ClH/c1-2-3-4-13(19-7-5-18-6-8-19)15-12(17)9-11(16)10-14(15)20;;/h9-10,13,18,20H,2-8H2,1H3;2*1H/t13-;;/m1../s1. The second-order valence-corrected chi connectivity index (χ2v) is 6.11. The summed E-state index contributed by atoms with van der Waals surface area (Å²) in [6, 6.07) is 3.48. The molecule has 22 heavy (non-hydrogen) atoms. The van der Waals surface area contributed by atoms with Gasteiger partial charge < -0.3 is 10.4 Å². The maximum Gasteiger partial charge on any atom is 0.123 e. The van der Waals surface area contributed by atoms with Crippen LogP contribution in [0.5, 0.6) is 5.75 Å². The van der Waals surface area contributed by atoms with E-state index in [0.717, 1.165) is 51.0 Å². The Bertz CT molecular complexity index is 430. The van der Waals surface area contributed by atoms with Crippen molar-refractivity contribution in [2.24, 2.45) is 0 Å². The zero-order valence-corrected chi connectivity index (χ0v) is 15.8. The van der Waals surface area contributed by atoms with Gasteiger partial charge in [-0.15, -0.1) is 24.8 Å². The van der Waals surface area contributed by atoms with Crippen LogP contribution in [0.4, 0.5) is 0 Å². The normalized spacial score (nSPS) is 16.5. The number of aromatic hydroxyl groups is 1. The molecule has 0 radical (unpaired) electrons. The van der Waals surface area contributed by atoms with Gasteiger partial charge in [0, 0.05) is 42.8 Å². The average molecular weight is 390 g/mol. The Labute approximate surface area is 155 Å². The minimum Gasteiger partial charge on any atom is -0.508 e. The minimum absolute atomic E-state index is 0. The van der Waals surface area contributed by atoms with Gasteiger partial charge in [-0.2, -0.15) is 0 Å². The maximum absolute atomic E-state index is 10.3. The molecule has 0 saturated carbocycles. The van der Waals surface area contributed by atoms with Gasteiger partial charge in [0.2, 0.25) is 0 Å². The van der Waals surface area contributed by atoms with Crippen molar-refractivity contribution in [3.63, 3.8) is 0 Å². The van der Waals surface area contributed by atoms with Gasteiger partial charge in [-0.3, -0.25) is 4.90 Å². The minimum atomic E-state index is 0. The summed E-state index contributed by atoms with van der Waals surface area (Å²) in [4.78, 5) is 2.40. The van der Waals surface area contributed by atoms with E-state index in [9.17, 15) is 5.11 Å². The molecule has 1 atom stereocenters. The lowest BCUT2D eigenvalue weighted by atomic mass is 9.97. The number of benzene rings is 1. The lowest BCUT2D eigenvalue weighted by Gasteiger charge is -2.36. The molecule has 1 aliphatic rings. The fourth-order valence-corrected chi connectivity index (χ4v) is 3.41. The first-order chi connectivity index (χ1) is 9.63. The van der Waals surface area contributed by atoms with Crippen LogP contribution in [-0.4, -0.2) is 36.2 Å². The van der Waals surface area contributed by atoms with Gasteiger partial charge in [-0.1, -0.05) is 43.0 Å². The third-order valence-corrected chi connectivity index (χ3v) is 4.36. The number of nitrogens with zero attached hydrogens (tertiary/aromatic N) is 1. The number of rotatable bonds is 5. The Morgan fingerprint density at radius 2 is 1.86 bits per heavy atom. The second kappa shape index (κ2) is 10.8. The highest BCUT2D eigenvalue weighted by atomic mass is 35.5. The van der Waals surface area contributed by atoms with E-state index < -0.39 is 0 Å². The summed E-state index contributed by atoms with van der Waals surface area (Å²) >= 11 is 12.3. The Hall–Kier alpha value is 0.1000. The van der Waals surface area contributed by atoms with Crippen molar-refractivity contribution in [3.8, 4) is 5.75 Å². The fourth-order valence-electron chi connectivity index (χ4n) is 2.80. The number of hydrogen-bond donors (Lipinski definition) is 2. The molecule has 0 aromatic heterocycles. The van der Waals surface area contributed by atoms with E-state index in [1.165, 1.54) is 0 Å². The van der Waals surface area contributed by atoms with E-state index in [1.807, 2.05) is 0 Å². The smallest absolute Gasteiger partial charge is 0.123 e. The summed E-state index contributed by atoms with van der Waals surface area (Å²) < 4.78 is 0. The van der Waals surface area contributed by atoms with Crippen LogP contribution >= 0.6 is 48.0 Å². The van der Waals surface area contributed by atoms with Crippen LogP contribution in [0.2, 0.25) is 10.0 Å². The van der Waals surface area contributed by atoms with E-state index in [-0.39, 0.29) is 36.6 Å². The van der Waals surface area contributed by atoms with Gasteiger partial charge in [0.15, 0.2) is 0 Å². The molecule has 0 amide bonds. The molecule has 1 aromatic rings. The zero-order chi connectivity index (χ0) is 14.5. The third kappa shape index (κ3) is 5.63. The van der Waals surface area contributed by atoms with Crippen LogP contribution in [0.25, 0.3) is 0 Å². The summed E-state index contributed by atoms with van der Waals surface area (Å²) in [5.74, 6) is 0.210. The van der Waals surface area contributed by atoms with Crippen molar-refractivity contribution in [2.45, 2.75) is 32.2 Å². The van der Waals surface area contributed by atoms with Crippen molar-refractivity contribution in [1.82, 2.24) is 10.2 Å². The molecule has 0 spiro atoms. The van der Waals surface area contributed by atoms with Gasteiger partial charge in [-0.25, -0.2) is 0 Å². The van der Waals surface area contributed by atoms with Crippen molar-refractivity contribution >= 4 is 48.0 Å². The first-order valence-corrected chi connectivity index (χ1v) is 8.01. The van der Waals surface area contributed by atoms with Gasteiger partial charge in [-0.05, 0) is 18.6 Å². The Morgan fingerprint density at radius 1 is 1.23 bits per heavy atom. The predicted molar refractivity (Wildman–Crippen MR) is 99.3 cm³/mol. The number of halogens is 4. The monoisotopic (exact) mass is 388 g/mol. The number of nitrogens with one attached hydrogen (secondary N) is 1. The van der Waals surface area contributed by atoms with Crippen LogP contribution in [0.15, 0.2) is 12.1 Å². The van der Waals surface area contributed by atoms with Crippen molar-refractivity contribution < 1.29 is 5.11 Å². The highest BCUT2D eigenvalue weighted by molar-refractivity contribution is 6.35. The molecule has 128 valence electrons. The molecule has 1 aromatic carbocycles. The Balaban J connectivity index is 0.00000220. The van der Waals surface area contributed by atoms with Crippen LogP contribution < -0.4 is 5.32 Å². The molecule has 0 bridgehead atoms. The highest BCUT2D eigenvalue weighted by Crippen LogP contribution is 2.39. The number of phenolic OH excluding ortho intramolecular Hbond substituents is 1. The first-order valence-electron chi connectivity index (χ1n) is 7.26. The Kier molecular flexibility index (Phi) is 10.8. The molecular weight excluding hydrogens is 366 g/mol. The Morgan fingerprint density at radius 3 is 2.41 bits per heavy atom. The first kappa shape index (κ1) is 22.1. The molecule has 0 aliphatic carbocycles. The lowest BCUT2D eigenvalue weighted by molar-refractivity contribution is 0.161. The molecule has 2 N–H and O–H groups in total. The molecule has 0 unspecified atom stereocenters. The van der Waals surface area contributed by atoms with E-state index in [4.69, 9.17) is 23.2 Å². The van der Waals surface area contributed by atoms with Crippen molar-refractivity contribution in [3.05, 3.63) is 27.7 Å². The molecular formula is C15H24Cl4N2O. The number of unbranched alkanes of at least 4 members (excludes halogenated alkanes) is 1. The summed E-state index contributed by atoms with van der Waals surface area (Å²) in [6.45, 7) is 6.10. The van der Waals surface area contributed by atoms with Crippen LogP contribution in [0, 0.1) is 0 Å². The van der Waals surface area contributed by atoms with E-state index >= 15 is 0 Å². The van der Waals surface area contributed by atoms with E-state index in [0.29, 0.717) is 10.0 Å². The second-order valence-electron chi connectivity index (χ2n) is 5.26. The van der Waals surface area contributed by atoms with Crippen molar-refractivity contribution in [2.75, 3.05) is 26.2 Å². The summed E-state index contributed by atoms with van der Waals surface area (Å²) in [5, 5.41) is 14.7. The topological polar surface area (TPSA) is 35.5 Å². The molecule has 3 nitrogen and oxygen atoms in total. The molecule has 7 heteroatoms. The molecule has 1 aliphatic heterocycles. The van der Waals surface area contributed by atoms with Crippen molar-refractivity contribution in [1.29, 1.82) is 0 Å². The SMILES string of the molecule is CCCC[C@H](c1c(O)cc(Cl)cc1Cl)N1CCNCC1.Cl.Cl. The fraction of sp³-hybridized carbons (Fsp3) is 0.600. The third-order valence-electron chi connectivity index (χ3n) is 3.83. The average Bonchev–Trinajstić information content (AvgIpc) is 2.42. The summed E-state index contributed by atoms with van der Waals surface area (Å²) in [6.07, 6.45) is 3.26. The zero-order valence-electron chi connectivity index (χ0n) is 12.6. The molecule has 2 rings (SSSR count). The van der Waals surface area contributed by atoms with E-state index in [2.05, 4.69) is 17.1 Å². The van der Waals surface area contributed by atoms with Gasteiger partial charge >= 0.3 is 0 Å². The predicted octanol–water partition coefficient (Wildman–Crippen LogP) is 4.68. The molecule has 1 heterocycles. The number of hydrogen-bond acceptors (Lipinski definition) is 3.